The van der Waals surface area contributed by atoms with E-state index in [9.17, 15) is 18.3 Å². The number of rotatable bonds is 5. The molecule has 0 unspecified atom stereocenters. The first kappa shape index (κ1) is 16.8. The van der Waals surface area contributed by atoms with E-state index in [1.165, 1.54) is 7.11 Å². The normalized spacial score (nSPS) is 24.6. The average Bonchev–Trinajstić information content (AvgIpc) is 3.10. The minimum absolute atomic E-state index is 0.105. The Morgan fingerprint density at radius 2 is 2.26 bits per heavy atom. The van der Waals surface area contributed by atoms with Crippen molar-refractivity contribution in [2.24, 2.45) is 0 Å². The van der Waals surface area contributed by atoms with Crippen molar-refractivity contribution < 1.29 is 27.8 Å². The van der Waals surface area contributed by atoms with E-state index in [-0.39, 0.29) is 22.5 Å². The van der Waals surface area contributed by atoms with Crippen LogP contribution < -0.4 is 10.0 Å². The lowest BCUT2D eigenvalue weighted by atomic mass is 10.1. The van der Waals surface area contributed by atoms with Crippen molar-refractivity contribution in [3.8, 4) is 0 Å². The first-order valence-electron chi connectivity index (χ1n) is 7.15. The number of nitrogens with one attached hydrogen (secondary N) is 2. The molecular formula is C13H18N2O6S2. The highest BCUT2D eigenvalue weighted by atomic mass is 32.2. The first-order chi connectivity index (χ1) is 10.9. The van der Waals surface area contributed by atoms with Crippen molar-refractivity contribution in [3.63, 3.8) is 0 Å². The Hall–Kier alpha value is -1.04. The van der Waals surface area contributed by atoms with Gasteiger partial charge in [0.05, 0.1) is 30.9 Å². The largest absolute Gasteiger partial charge is 0.478 e. The maximum Gasteiger partial charge on any atom is 0.338 e. The van der Waals surface area contributed by atoms with Crippen LogP contribution in [-0.2, 0) is 32.5 Å². The lowest BCUT2D eigenvalue weighted by Crippen LogP contribution is -2.43. The summed E-state index contributed by atoms with van der Waals surface area (Å²) >= 11 is 1.01. The van der Waals surface area contributed by atoms with Gasteiger partial charge in [-0.3, -0.25) is 0 Å². The van der Waals surface area contributed by atoms with Gasteiger partial charge < -0.3 is 19.9 Å². The molecule has 0 bridgehead atoms. The van der Waals surface area contributed by atoms with E-state index in [4.69, 9.17) is 9.47 Å². The summed E-state index contributed by atoms with van der Waals surface area (Å²) in [5, 5.41) is 12.6. The molecule has 1 saturated heterocycles. The van der Waals surface area contributed by atoms with Gasteiger partial charge in [0.2, 0.25) is 0 Å². The average molecular weight is 362 g/mol. The number of sulfonamides is 1. The van der Waals surface area contributed by atoms with Crippen LogP contribution in [0, 0.1) is 0 Å². The summed E-state index contributed by atoms with van der Waals surface area (Å²) in [4.78, 5) is 12.4. The zero-order chi connectivity index (χ0) is 16.6. The standard InChI is InChI=1S/C13H18N2O6S2/c1-20-9-6-21-5-8(9)15-23(18,19)13-11(12(16)17)7-2-3-14-4-10(7)22-13/h8-9,14-15H,2-6H2,1H3,(H,16,17)/t8-,9-/m1/s1. The molecule has 0 amide bonds. The Morgan fingerprint density at radius 3 is 2.96 bits per heavy atom. The fourth-order valence-electron chi connectivity index (χ4n) is 2.84. The quantitative estimate of drug-likeness (QED) is 0.664. The summed E-state index contributed by atoms with van der Waals surface area (Å²) in [5.74, 6) is -1.21. The predicted molar refractivity (Wildman–Crippen MR) is 82.4 cm³/mol. The topological polar surface area (TPSA) is 114 Å². The van der Waals surface area contributed by atoms with Gasteiger partial charge in [0.1, 0.15) is 4.21 Å². The van der Waals surface area contributed by atoms with E-state index in [1.807, 2.05) is 0 Å². The molecule has 3 heterocycles. The molecule has 1 aromatic heterocycles. The van der Waals surface area contributed by atoms with Crippen molar-refractivity contribution in [2.75, 3.05) is 26.9 Å². The van der Waals surface area contributed by atoms with Gasteiger partial charge in [0.25, 0.3) is 10.0 Å². The molecule has 23 heavy (non-hydrogen) atoms. The molecule has 128 valence electrons. The Kier molecular flexibility index (Phi) is 4.72. The third-order valence-electron chi connectivity index (χ3n) is 3.99. The molecule has 0 spiro atoms. The van der Waals surface area contributed by atoms with Crippen molar-refractivity contribution in [1.82, 2.24) is 10.0 Å². The van der Waals surface area contributed by atoms with Crippen molar-refractivity contribution >= 4 is 27.3 Å². The lowest BCUT2D eigenvalue weighted by molar-refractivity contribution is 0.0692. The Bertz CT molecular complexity index is 714. The summed E-state index contributed by atoms with van der Waals surface area (Å²) in [6.07, 6.45) is 0.130. The van der Waals surface area contributed by atoms with Crippen molar-refractivity contribution in [2.45, 2.75) is 29.3 Å². The molecule has 8 nitrogen and oxygen atoms in total. The minimum atomic E-state index is -3.96. The van der Waals surface area contributed by atoms with Crippen molar-refractivity contribution in [3.05, 3.63) is 16.0 Å². The molecular weight excluding hydrogens is 344 g/mol. The molecule has 0 radical (unpaired) electrons. The highest BCUT2D eigenvalue weighted by molar-refractivity contribution is 7.91. The second-order valence-corrected chi connectivity index (χ2v) is 8.45. The highest BCUT2D eigenvalue weighted by Crippen LogP contribution is 2.34. The summed E-state index contributed by atoms with van der Waals surface area (Å²) < 4.78 is 38.2. The molecule has 0 aliphatic carbocycles. The molecule has 0 aromatic carbocycles. The van der Waals surface area contributed by atoms with Crippen LogP contribution >= 0.6 is 11.3 Å². The van der Waals surface area contributed by atoms with Crippen LogP contribution in [0.4, 0.5) is 0 Å². The van der Waals surface area contributed by atoms with Crippen LogP contribution in [0.25, 0.3) is 0 Å². The van der Waals surface area contributed by atoms with Gasteiger partial charge in [0.15, 0.2) is 0 Å². The molecule has 3 N–H and O–H groups in total. The van der Waals surface area contributed by atoms with Gasteiger partial charge >= 0.3 is 5.97 Å². The van der Waals surface area contributed by atoms with Crippen LogP contribution in [0.1, 0.15) is 20.8 Å². The van der Waals surface area contributed by atoms with E-state index in [0.29, 0.717) is 31.7 Å². The lowest BCUT2D eigenvalue weighted by Gasteiger charge is -2.17. The van der Waals surface area contributed by atoms with Gasteiger partial charge in [-0.25, -0.2) is 17.9 Å². The highest BCUT2D eigenvalue weighted by Gasteiger charge is 2.37. The summed E-state index contributed by atoms with van der Waals surface area (Å²) in [6.45, 7) is 1.63. The smallest absolute Gasteiger partial charge is 0.338 e. The summed E-state index contributed by atoms with van der Waals surface area (Å²) in [5.41, 5.74) is 0.513. The number of thiophene rings is 1. The monoisotopic (exact) mass is 362 g/mol. The van der Waals surface area contributed by atoms with E-state index in [2.05, 4.69) is 10.0 Å². The third-order valence-corrected chi connectivity index (χ3v) is 7.23. The van der Waals surface area contributed by atoms with E-state index in [1.54, 1.807) is 0 Å². The van der Waals surface area contributed by atoms with Gasteiger partial charge in [0, 0.05) is 18.5 Å². The summed E-state index contributed by atoms with van der Waals surface area (Å²) in [7, 11) is -2.47. The fourth-order valence-corrected chi connectivity index (χ4v) is 5.97. The zero-order valence-electron chi connectivity index (χ0n) is 12.5. The van der Waals surface area contributed by atoms with Gasteiger partial charge in [-0.15, -0.1) is 11.3 Å². The van der Waals surface area contributed by atoms with Crippen LogP contribution in [0.2, 0.25) is 0 Å². The number of carboxylic acids is 1. The number of carbonyl (C=O) groups is 1. The Balaban J connectivity index is 1.96. The third kappa shape index (κ3) is 3.14. The van der Waals surface area contributed by atoms with Gasteiger partial charge in [-0.05, 0) is 18.5 Å². The number of hydrogen-bond donors (Lipinski definition) is 3. The maximum absolute atomic E-state index is 12.7. The SMILES string of the molecule is CO[C@@H]1COC[C@H]1NS(=O)(=O)c1sc2c(c1C(=O)O)CCNC2. The van der Waals surface area contributed by atoms with E-state index < -0.39 is 22.0 Å². The molecule has 2 atom stereocenters. The Labute approximate surface area is 137 Å². The first-order valence-corrected chi connectivity index (χ1v) is 9.45. The number of hydrogen-bond acceptors (Lipinski definition) is 7. The number of ether oxygens (including phenoxy) is 2. The van der Waals surface area contributed by atoms with Gasteiger partial charge in [-0.2, -0.15) is 0 Å². The molecule has 10 heteroatoms. The number of fused-ring (bicyclic) bond motifs is 1. The van der Waals surface area contributed by atoms with E-state index >= 15 is 0 Å². The van der Waals surface area contributed by atoms with Gasteiger partial charge in [-0.1, -0.05) is 0 Å². The number of carboxylic acid groups (broad SMARTS) is 1. The summed E-state index contributed by atoms with van der Waals surface area (Å²) in [6, 6.07) is -0.524. The molecule has 1 fully saturated rings. The molecule has 0 saturated carbocycles. The number of aromatic carboxylic acids is 1. The molecule has 1 aromatic rings. The maximum atomic E-state index is 12.7. The zero-order valence-corrected chi connectivity index (χ0v) is 14.1. The predicted octanol–water partition coefficient (Wildman–Crippen LogP) is -0.216. The molecule has 2 aliphatic rings. The second kappa shape index (κ2) is 6.46. The minimum Gasteiger partial charge on any atom is -0.478 e. The van der Waals surface area contributed by atoms with Crippen LogP contribution in [0.15, 0.2) is 4.21 Å². The van der Waals surface area contributed by atoms with Crippen LogP contribution in [-0.4, -0.2) is 58.5 Å². The Morgan fingerprint density at radius 1 is 1.48 bits per heavy atom. The van der Waals surface area contributed by atoms with E-state index in [0.717, 1.165) is 16.2 Å². The van der Waals surface area contributed by atoms with Crippen LogP contribution in [0.3, 0.4) is 0 Å². The molecule has 2 aliphatic heterocycles. The van der Waals surface area contributed by atoms with Crippen molar-refractivity contribution in [1.29, 1.82) is 0 Å². The second-order valence-electron chi connectivity index (χ2n) is 5.44. The number of methoxy groups -OCH3 is 1. The van der Waals surface area contributed by atoms with Crippen LogP contribution in [0.5, 0.6) is 0 Å². The molecule has 3 rings (SSSR count). The fraction of sp³-hybridized carbons (Fsp3) is 0.615.